The van der Waals surface area contributed by atoms with E-state index < -0.39 is 72.7 Å². The Morgan fingerprint density at radius 3 is 1.00 bits per heavy atom. The first-order chi connectivity index (χ1) is 11.6. The van der Waals surface area contributed by atoms with E-state index in [1.807, 2.05) is 0 Å². The molecule has 10 N–H and O–H groups in total. The molecule has 0 rings (SSSR count). The van der Waals surface area contributed by atoms with Gasteiger partial charge in [-0.2, -0.15) is 0 Å². The van der Waals surface area contributed by atoms with Crippen LogP contribution in [0.5, 0.6) is 0 Å². The van der Waals surface area contributed by atoms with Crippen molar-refractivity contribution in [1.82, 2.24) is 0 Å². The molecule has 1 unspecified atom stereocenters. The van der Waals surface area contributed by atoms with E-state index in [0.29, 0.717) is 0 Å². The minimum Gasteiger partial charge on any atom is -0.550 e. The summed E-state index contributed by atoms with van der Waals surface area (Å²) in [6.45, 7) is 0. The van der Waals surface area contributed by atoms with Crippen molar-refractivity contribution in [2.24, 2.45) is 0 Å². The maximum Gasteiger partial charge on any atom is 2.00 e. The molecule has 172 valence electrons. The number of rotatable bonds is 10. The maximum absolute atomic E-state index is 10.3. The Bertz CT molecular complexity index is 520. The first kappa shape index (κ1) is 46.9. The fourth-order valence-electron chi connectivity index (χ4n) is 1.39. The maximum atomic E-state index is 10.3. The van der Waals surface area contributed by atoms with E-state index >= 15 is 0 Å². The van der Waals surface area contributed by atoms with Crippen LogP contribution >= 0.6 is 0 Å². The summed E-state index contributed by atoms with van der Waals surface area (Å²) in [5, 5.41) is 74.4. The Hall–Kier alpha value is -2.13. The van der Waals surface area contributed by atoms with Gasteiger partial charge in [0, 0.05) is 37.2 Å². The average Bonchev–Trinajstić information content (AvgIpc) is 2.34. The second-order valence-electron chi connectivity index (χ2n) is 4.87. The zero-order valence-electron chi connectivity index (χ0n) is 15.6. The molecule has 0 aliphatic carbocycles. The summed E-state index contributed by atoms with van der Waals surface area (Å²) in [6.07, 6.45) is -5.16. The molecule has 19 heteroatoms. The van der Waals surface area contributed by atoms with E-state index in [4.69, 9.17) is 20.4 Å². The van der Waals surface area contributed by atoms with Gasteiger partial charge >= 0.3 is 50.9 Å². The van der Waals surface area contributed by atoms with E-state index in [9.17, 15) is 49.2 Å². The van der Waals surface area contributed by atoms with E-state index in [1.54, 1.807) is 0 Å². The van der Waals surface area contributed by atoms with Gasteiger partial charge in [0.05, 0.1) is 12.4 Å². The molecule has 1 atom stereocenters. The van der Waals surface area contributed by atoms with Crippen LogP contribution in [0.2, 0.25) is 0 Å². The molecule has 0 aliphatic heterocycles. The smallest absolute Gasteiger partial charge is 0.550 e. The summed E-state index contributed by atoms with van der Waals surface area (Å²) in [6, 6.07) is 0. The van der Waals surface area contributed by atoms with Crippen molar-refractivity contribution in [3.05, 3.63) is 0 Å². The molecule has 0 saturated carbocycles. The van der Waals surface area contributed by atoms with Crippen LogP contribution in [0.25, 0.3) is 0 Å². The third-order valence-corrected chi connectivity index (χ3v) is 2.53. The number of carbonyl (C=O) groups is 6. The molecule has 0 aromatic heterocycles. The zero-order chi connectivity index (χ0) is 21.3. The quantitative estimate of drug-likeness (QED) is 0.179. The van der Waals surface area contributed by atoms with Crippen LogP contribution in [0.1, 0.15) is 25.7 Å². The van der Waals surface area contributed by atoms with Gasteiger partial charge in [-0.3, -0.25) is 4.79 Å². The second-order valence-corrected chi connectivity index (χ2v) is 4.87. The molecule has 0 aromatic carbocycles. The first-order valence-corrected chi connectivity index (χ1v) is 6.26. The average molecular weight is 565 g/mol. The summed E-state index contributed by atoms with van der Waals surface area (Å²) in [5.41, 5.74) is -5.78. The van der Waals surface area contributed by atoms with Crippen molar-refractivity contribution in [2.45, 2.75) is 36.9 Å². The molecule has 0 aliphatic rings. The van der Waals surface area contributed by atoms with Crippen molar-refractivity contribution in [1.29, 1.82) is 0 Å². The van der Waals surface area contributed by atoms with E-state index in [1.165, 1.54) is 0 Å². The van der Waals surface area contributed by atoms with Crippen molar-refractivity contribution in [3.8, 4) is 0 Å². The molecular formula is C12H18O17Zn2. The van der Waals surface area contributed by atoms with Crippen LogP contribution in [0.3, 0.4) is 0 Å². The van der Waals surface area contributed by atoms with Gasteiger partial charge in [0.1, 0.15) is 5.60 Å². The molecule has 0 spiro atoms. The molecule has 0 radical (unpaired) electrons. The van der Waals surface area contributed by atoms with Crippen molar-refractivity contribution in [2.75, 3.05) is 0 Å². The molecule has 0 heterocycles. The van der Waals surface area contributed by atoms with Crippen LogP contribution in [0.4, 0.5) is 0 Å². The van der Waals surface area contributed by atoms with Crippen molar-refractivity contribution in [3.63, 3.8) is 0 Å². The molecule has 0 amide bonds. The normalized spacial score (nSPS) is 10.6. The molecule has 0 saturated heterocycles. The van der Waals surface area contributed by atoms with Gasteiger partial charge in [0.25, 0.3) is 0 Å². The number of carbonyl (C=O) groups excluding carboxylic acids is 4. The van der Waals surface area contributed by atoms with Crippen LogP contribution < -0.4 is 20.4 Å². The fraction of sp³-hybridized carbons (Fsp3) is 0.500. The van der Waals surface area contributed by atoms with Crippen LogP contribution in [-0.4, -0.2) is 83.9 Å². The topological polar surface area (TPSA) is 370 Å². The fourth-order valence-corrected chi connectivity index (χ4v) is 1.39. The molecule has 0 aromatic rings. The number of hydrogen-bond donors (Lipinski definition) is 4. The Balaban J connectivity index is -0.0000000640. The van der Waals surface area contributed by atoms with Crippen molar-refractivity contribution >= 4 is 35.8 Å². The zero-order valence-corrected chi connectivity index (χ0v) is 21.5. The molecule has 17 nitrogen and oxygen atoms in total. The minimum absolute atomic E-state index is 0. The van der Waals surface area contributed by atoms with Gasteiger partial charge in [-0.15, -0.1) is 0 Å². The third kappa shape index (κ3) is 20.9. The Kier molecular flexibility index (Phi) is 30.0. The van der Waals surface area contributed by atoms with Gasteiger partial charge in [0.2, 0.25) is 0 Å². The second kappa shape index (κ2) is 19.8. The third-order valence-electron chi connectivity index (χ3n) is 2.53. The molecule has 0 fully saturated rings. The summed E-state index contributed by atoms with van der Waals surface area (Å²) in [4.78, 5) is 60.3. The molecule has 31 heavy (non-hydrogen) atoms. The Morgan fingerprint density at radius 1 is 0.581 bits per heavy atom. The summed E-state index contributed by atoms with van der Waals surface area (Å²) >= 11 is 0. The number of aliphatic carboxylic acids is 6. The van der Waals surface area contributed by atoms with E-state index in [2.05, 4.69) is 0 Å². The summed E-state index contributed by atoms with van der Waals surface area (Å²) in [5.74, 6) is -11.3. The van der Waals surface area contributed by atoms with Gasteiger partial charge < -0.3 is 76.5 Å². The standard InChI is InChI=1S/2C6H8O7.3H2O.2Zn/c2*7-3(8)1-6(13,5(11)12)2-4(9)10;;;;;/h2*13H,1-2H2,(H,7,8)(H,9,10)(H,11,12);3*1H2;;/q;;;;;2*+2/p-4. The van der Waals surface area contributed by atoms with Crippen LogP contribution in [0, 0.1) is 0 Å². The monoisotopic (exact) mass is 562 g/mol. The summed E-state index contributed by atoms with van der Waals surface area (Å²) in [7, 11) is 0. The predicted octanol–water partition coefficient (Wildman–Crippen LogP) is -10.3. The van der Waals surface area contributed by atoms with Crippen LogP contribution in [0.15, 0.2) is 0 Å². The van der Waals surface area contributed by atoms with E-state index in [-0.39, 0.29) is 55.4 Å². The minimum atomic E-state index is -2.97. The van der Waals surface area contributed by atoms with Gasteiger partial charge in [-0.25, -0.2) is 4.79 Å². The molecule has 0 bridgehead atoms. The van der Waals surface area contributed by atoms with Gasteiger partial charge in [-0.05, 0) is 0 Å². The predicted molar refractivity (Wildman–Crippen MR) is 74.5 cm³/mol. The van der Waals surface area contributed by atoms with Crippen molar-refractivity contribution < 1.29 is 125 Å². The number of aliphatic hydroxyl groups is 2. The van der Waals surface area contributed by atoms with Crippen LogP contribution in [-0.2, 0) is 67.7 Å². The molecular weight excluding hydrogens is 547 g/mol. The SMILES string of the molecule is O.O.O.O=C([O-])CC(O)(CC(=O)O)C(=O)O.O=C([O-])CC(O)(CC(=O)[O-])C(=O)[O-].[Zn+2].[Zn+2]. The summed E-state index contributed by atoms with van der Waals surface area (Å²) < 4.78 is 0. The largest absolute Gasteiger partial charge is 2.00 e. The first-order valence-electron chi connectivity index (χ1n) is 6.26. The number of carboxylic acid groups (broad SMARTS) is 6. The van der Waals surface area contributed by atoms with E-state index in [0.717, 1.165) is 0 Å². The van der Waals surface area contributed by atoms with Gasteiger partial charge in [0.15, 0.2) is 5.60 Å². The Labute approximate surface area is 197 Å². The number of hydrogen-bond acceptors (Lipinski definition) is 12. The van der Waals surface area contributed by atoms with Gasteiger partial charge in [-0.1, -0.05) is 0 Å². The number of carboxylic acids is 6. The Morgan fingerprint density at radius 2 is 0.839 bits per heavy atom.